The van der Waals surface area contributed by atoms with E-state index < -0.39 is 17.1 Å². The second kappa shape index (κ2) is 8.11. The molecule has 5 nitrogen and oxygen atoms in total. The molecule has 20 heavy (non-hydrogen) atoms. The minimum Gasteiger partial charge on any atom is -0.610 e. The number of hydrogen-bond donors (Lipinski definition) is 1. The maximum Gasteiger partial charge on any atom is 0.338 e. The van der Waals surface area contributed by atoms with Crippen molar-refractivity contribution in [3.05, 3.63) is 17.7 Å². The summed E-state index contributed by atoms with van der Waals surface area (Å²) in [6.45, 7) is 6.04. The van der Waals surface area contributed by atoms with Crippen molar-refractivity contribution in [3.63, 3.8) is 0 Å². The highest BCUT2D eigenvalue weighted by Crippen LogP contribution is 2.18. The highest BCUT2D eigenvalue weighted by atomic mass is 32.2. The highest BCUT2D eigenvalue weighted by molar-refractivity contribution is 7.91. The molecule has 112 valence electrons. The summed E-state index contributed by atoms with van der Waals surface area (Å²) < 4.78 is 16.8. The second-order valence-electron chi connectivity index (χ2n) is 4.57. The number of rotatable bonds is 7. The molecule has 0 spiro atoms. The summed E-state index contributed by atoms with van der Waals surface area (Å²) in [6.07, 6.45) is 1.72. The Morgan fingerprint density at radius 3 is 2.75 bits per heavy atom. The molecule has 1 aromatic rings. The van der Waals surface area contributed by atoms with Gasteiger partial charge in [-0.15, -0.1) is 0 Å². The molecule has 0 saturated heterocycles. The number of nitrogens with zero attached hydrogens (tertiary/aromatic N) is 1. The molecule has 6 heteroatoms. The van der Waals surface area contributed by atoms with Crippen molar-refractivity contribution in [2.24, 2.45) is 0 Å². The van der Waals surface area contributed by atoms with E-state index in [1.54, 1.807) is 12.1 Å². The molecule has 1 aromatic heterocycles. The number of carbonyl (C=O) groups is 1. The first-order valence-electron chi connectivity index (χ1n) is 6.77. The van der Waals surface area contributed by atoms with Crippen LogP contribution in [0.15, 0.2) is 17.2 Å². The topological polar surface area (TPSA) is 74.3 Å². The minimum absolute atomic E-state index is 0.225. The molecule has 0 saturated carbocycles. The van der Waals surface area contributed by atoms with Crippen molar-refractivity contribution < 1.29 is 14.1 Å². The Kier molecular flexibility index (Phi) is 6.81. The normalized spacial score (nSPS) is 13.7. The zero-order valence-electron chi connectivity index (χ0n) is 12.4. The molecule has 1 unspecified atom stereocenters. The van der Waals surface area contributed by atoms with E-state index >= 15 is 0 Å². The first kappa shape index (κ1) is 16.8. The van der Waals surface area contributed by atoms with E-state index in [-0.39, 0.29) is 6.04 Å². The van der Waals surface area contributed by atoms with Gasteiger partial charge in [-0.3, -0.25) is 0 Å². The number of nitrogens with one attached hydrogen (secondary N) is 1. The smallest absolute Gasteiger partial charge is 0.338 e. The molecule has 0 bridgehead atoms. The first-order valence-corrected chi connectivity index (χ1v) is 8.09. The number of carbonyl (C=O) groups excluding carboxylic acids is 1. The van der Waals surface area contributed by atoms with Crippen molar-refractivity contribution in [2.75, 3.05) is 18.2 Å². The van der Waals surface area contributed by atoms with Gasteiger partial charge in [-0.05, 0) is 25.8 Å². The van der Waals surface area contributed by atoms with Gasteiger partial charge in [0.15, 0.2) is 0 Å². The van der Waals surface area contributed by atoms with Gasteiger partial charge in [0.1, 0.15) is 11.6 Å². The lowest BCUT2D eigenvalue weighted by molar-refractivity contribution is 0.0600. The van der Waals surface area contributed by atoms with Crippen molar-refractivity contribution >= 4 is 23.0 Å². The largest absolute Gasteiger partial charge is 0.610 e. The third kappa shape index (κ3) is 4.68. The third-order valence-corrected chi connectivity index (χ3v) is 4.31. The Bertz CT molecular complexity index is 454. The Labute approximate surface area is 123 Å². The molecular weight excluding hydrogens is 276 g/mol. The van der Waals surface area contributed by atoms with E-state index in [4.69, 9.17) is 4.74 Å². The maximum atomic E-state index is 12.1. The van der Waals surface area contributed by atoms with Crippen LogP contribution in [0.2, 0.25) is 0 Å². The Morgan fingerprint density at radius 2 is 2.20 bits per heavy atom. The summed E-state index contributed by atoms with van der Waals surface area (Å²) >= 11 is -1.20. The zero-order valence-corrected chi connectivity index (χ0v) is 13.3. The fraction of sp³-hybridized carbons (Fsp3) is 0.571. The van der Waals surface area contributed by atoms with E-state index in [2.05, 4.69) is 17.2 Å². The molecule has 1 rings (SSSR count). The molecule has 1 heterocycles. The van der Waals surface area contributed by atoms with Gasteiger partial charge in [-0.25, -0.2) is 4.79 Å². The van der Waals surface area contributed by atoms with E-state index in [0.717, 1.165) is 12.8 Å². The summed E-state index contributed by atoms with van der Waals surface area (Å²) in [4.78, 5) is 16.0. The standard InChI is InChI=1S/C14H22N2O3S/c1-5-7-20(18)13-9-11(14(17)19-4)8-12(16-13)15-10(3)6-2/h8-10H,5-7H2,1-4H3,(H,15,16)/t10-,20?/m0/s1. The number of ether oxygens (including phenoxy) is 1. The van der Waals surface area contributed by atoms with E-state index in [0.29, 0.717) is 22.2 Å². The molecule has 0 aliphatic rings. The molecule has 0 radical (unpaired) electrons. The minimum atomic E-state index is -1.20. The molecule has 2 atom stereocenters. The van der Waals surface area contributed by atoms with Crippen molar-refractivity contribution in [2.45, 2.75) is 44.7 Å². The second-order valence-corrected chi connectivity index (χ2v) is 6.09. The SMILES string of the molecule is CCC[S+]([O-])c1cc(C(=O)OC)cc(N[C@@H](C)CC)n1. The Balaban J connectivity index is 3.10. The van der Waals surface area contributed by atoms with Gasteiger partial charge in [-0.2, -0.15) is 4.98 Å². The fourth-order valence-corrected chi connectivity index (χ4v) is 2.61. The summed E-state index contributed by atoms with van der Waals surface area (Å²) in [5, 5.41) is 3.61. The number of esters is 1. The average molecular weight is 298 g/mol. The molecule has 0 aliphatic heterocycles. The van der Waals surface area contributed by atoms with Crippen LogP contribution in [0.1, 0.15) is 44.0 Å². The van der Waals surface area contributed by atoms with E-state index in [1.807, 2.05) is 13.8 Å². The van der Waals surface area contributed by atoms with Crippen molar-refractivity contribution in [1.82, 2.24) is 4.98 Å². The number of anilines is 1. The van der Waals surface area contributed by atoms with Crippen LogP contribution in [-0.4, -0.2) is 34.4 Å². The van der Waals surface area contributed by atoms with Crippen LogP contribution >= 0.6 is 0 Å². The summed E-state index contributed by atoms with van der Waals surface area (Å²) in [7, 11) is 1.33. The summed E-state index contributed by atoms with van der Waals surface area (Å²) in [5.74, 6) is 0.636. The Hall–Kier alpha value is -1.27. The van der Waals surface area contributed by atoms with Crippen LogP contribution in [0.25, 0.3) is 0 Å². The quantitative estimate of drug-likeness (QED) is 0.618. The van der Waals surface area contributed by atoms with Crippen LogP contribution < -0.4 is 5.32 Å². The van der Waals surface area contributed by atoms with Gasteiger partial charge in [0.05, 0.1) is 12.7 Å². The van der Waals surface area contributed by atoms with Crippen LogP contribution in [-0.2, 0) is 15.9 Å². The molecule has 0 aliphatic carbocycles. The van der Waals surface area contributed by atoms with Crippen LogP contribution in [0.5, 0.6) is 0 Å². The van der Waals surface area contributed by atoms with Crippen LogP contribution in [0.4, 0.5) is 5.82 Å². The predicted octanol–water partition coefficient (Wildman–Crippen LogP) is 2.60. The van der Waals surface area contributed by atoms with E-state index in [1.165, 1.54) is 7.11 Å². The van der Waals surface area contributed by atoms with Gasteiger partial charge < -0.3 is 14.6 Å². The Morgan fingerprint density at radius 1 is 1.50 bits per heavy atom. The number of hydrogen-bond acceptors (Lipinski definition) is 5. The lowest BCUT2D eigenvalue weighted by atomic mass is 10.2. The molecule has 0 aromatic carbocycles. The lowest BCUT2D eigenvalue weighted by Gasteiger charge is -2.15. The van der Waals surface area contributed by atoms with E-state index in [9.17, 15) is 9.35 Å². The monoisotopic (exact) mass is 298 g/mol. The lowest BCUT2D eigenvalue weighted by Crippen LogP contribution is -2.17. The van der Waals surface area contributed by atoms with Crippen molar-refractivity contribution in [1.29, 1.82) is 0 Å². The maximum absolute atomic E-state index is 12.1. The van der Waals surface area contributed by atoms with Crippen LogP contribution in [0, 0.1) is 0 Å². The molecule has 0 fully saturated rings. The molecular formula is C14H22N2O3S. The van der Waals surface area contributed by atoms with Gasteiger partial charge >= 0.3 is 5.97 Å². The molecule has 0 amide bonds. The van der Waals surface area contributed by atoms with Gasteiger partial charge in [-0.1, -0.05) is 13.8 Å². The van der Waals surface area contributed by atoms with Gasteiger partial charge in [0, 0.05) is 23.3 Å². The van der Waals surface area contributed by atoms with Gasteiger partial charge in [0.25, 0.3) is 0 Å². The zero-order chi connectivity index (χ0) is 15.1. The van der Waals surface area contributed by atoms with Gasteiger partial charge in [0.2, 0.25) is 5.03 Å². The van der Waals surface area contributed by atoms with Crippen LogP contribution in [0.3, 0.4) is 0 Å². The summed E-state index contributed by atoms with van der Waals surface area (Å²) in [6, 6.07) is 3.40. The highest BCUT2D eigenvalue weighted by Gasteiger charge is 2.18. The first-order chi connectivity index (χ1) is 9.51. The molecule has 1 N–H and O–H groups in total. The fourth-order valence-electron chi connectivity index (χ4n) is 1.58. The number of methoxy groups -OCH3 is 1. The average Bonchev–Trinajstić information content (AvgIpc) is 2.46. The number of pyridine rings is 1. The summed E-state index contributed by atoms with van der Waals surface area (Å²) in [5.41, 5.74) is 0.368. The third-order valence-electron chi connectivity index (χ3n) is 2.85. The van der Waals surface area contributed by atoms with Crippen molar-refractivity contribution in [3.8, 4) is 0 Å². The predicted molar refractivity (Wildman–Crippen MR) is 80.5 cm³/mol. The number of aromatic nitrogens is 1.